The predicted molar refractivity (Wildman–Crippen MR) is 132 cm³/mol. The maximum absolute atomic E-state index is 7.15. The quantitative estimate of drug-likeness (QED) is 0.543. The summed E-state index contributed by atoms with van der Waals surface area (Å²) in [6.45, 7) is 14.7. The molecule has 2 rings (SSSR count). The van der Waals surface area contributed by atoms with Crippen molar-refractivity contribution in [3.05, 3.63) is 84.2 Å². The lowest BCUT2D eigenvalue weighted by Crippen LogP contribution is -2.60. The minimum absolute atomic E-state index is 0.888. The van der Waals surface area contributed by atoms with Gasteiger partial charge in [0, 0.05) is 13.1 Å². The Morgan fingerprint density at radius 3 is 1.38 bits per heavy atom. The second-order valence-corrected chi connectivity index (χ2v) is 15.7. The monoisotopic (exact) mass is 424 g/mol. The molecule has 0 spiro atoms. The molecule has 0 aliphatic carbocycles. The average Bonchev–Trinajstić information content (AvgIpc) is 2.67. The Labute approximate surface area is 179 Å². The molecule has 3 nitrogen and oxygen atoms in total. The zero-order valence-electron chi connectivity index (χ0n) is 18.9. The van der Waals surface area contributed by atoms with Crippen LogP contribution < -0.4 is 10.4 Å². The van der Waals surface area contributed by atoms with E-state index in [2.05, 4.69) is 124 Å². The van der Waals surface area contributed by atoms with E-state index in [1.165, 1.54) is 21.5 Å². The molecule has 0 aliphatic heterocycles. The third kappa shape index (κ3) is 5.65. The van der Waals surface area contributed by atoms with Crippen molar-refractivity contribution >= 4 is 27.0 Å². The largest absolute Gasteiger partial charge is 0.443 e. The number of benzene rings is 2. The van der Waals surface area contributed by atoms with Gasteiger partial charge in [0.15, 0.2) is 0 Å². The van der Waals surface area contributed by atoms with Crippen LogP contribution in [0.5, 0.6) is 0 Å². The van der Waals surface area contributed by atoms with Crippen LogP contribution >= 0.6 is 0 Å². The fourth-order valence-corrected chi connectivity index (χ4v) is 11.8. The summed E-state index contributed by atoms with van der Waals surface area (Å²) in [5, 5.41) is 2.60. The van der Waals surface area contributed by atoms with Crippen molar-refractivity contribution in [2.45, 2.75) is 26.2 Å². The number of hydrogen-bond acceptors (Lipinski definition) is 3. The second kappa shape index (κ2) is 9.82. The smallest absolute Gasteiger partial charge is 0.234 e. The van der Waals surface area contributed by atoms with Gasteiger partial charge in [-0.1, -0.05) is 59.9 Å². The van der Waals surface area contributed by atoms with E-state index < -0.39 is 16.6 Å². The molecule has 0 fully saturated rings. The topological polar surface area (TPSA) is 15.7 Å². The maximum Gasteiger partial charge on any atom is 0.234 e. The molecule has 156 valence electrons. The van der Waals surface area contributed by atoms with Crippen molar-refractivity contribution in [1.29, 1.82) is 0 Å². The first kappa shape index (κ1) is 23.5. The molecule has 5 heteroatoms. The van der Waals surface area contributed by atoms with Gasteiger partial charge in [-0.15, -0.1) is 13.2 Å². The zero-order chi connectivity index (χ0) is 21.7. The third-order valence-electron chi connectivity index (χ3n) is 5.28. The Bertz CT molecular complexity index is 783. The highest BCUT2D eigenvalue weighted by molar-refractivity contribution is 7.02. The van der Waals surface area contributed by atoms with Gasteiger partial charge in [-0.2, -0.15) is 0 Å². The SMILES string of the molecule is C=C[Si](C)(O[Si](C)(C=C)c1ccccc1CN(C)C)c1ccccc1CN(C)C. The van der Waals surface area contributed by atoms with Crippen LogP contribution in [0.1, 0.15) is 11.1 Å². The Morgan fingerprint density at radius 1 is 0.724 bits per heavy atom. The van der Waals surface area contributed by atoms with E-state index in [0.29, 0.717) is 0 Å². The lowest BCUT2D eigenvalue weighted by Gasteiger charge is -2.37. The molecule has 2 aromatic carbocycles. The summed E-state index contributed by atoms with van der Waals surface area (Å²) in [7, 11) is 3.61. The van der Waals surface area contributed by atoms with Crippen LogP contribution in [-0.4, -0.2) is 54.6 Å². The zero-order valence-corrected chi connectivity index (χ0v) is 20.9. The molecule has 0 amide bonds. The molecular weight excluding hydrogens is 388 g/mol. The summed E-state index contributed by atoms with van der Waals surface area (Å²) >= 11 is 0. The summed E-state index contributed by atoms with van der Waals surface area (Å²) in [6.07, 6.45) is 0. The molecule has 0 saturated heterocycles. The van der Waals surface area contributed by atoms with Gasteiger partial charge in [-0.05, 0) is 62.8 Å². The van der Waals surface area contributed by atoms with Gasteiger partial charge in [0.05, 0.1) is 0 Å². The van der Waals surface area contributed by atoms with Crippen molar-refractivity contribution in [3.8, 4) is 0 Å². The summed E-state index contributed by atoms with van der Waals surface area (Å²) < 4.78 is 7.15. The molecule has 0 bridgehead atoms. The molecule has 0 radical (unpaired) electrons. The van der Waals surface area contributed by atoms with Crippen LogP contribution in [0.3, 0.4) is 0 Å². The minimum atomic E-state index is -2.40. The standard InChI is InChI=1S/C24H36N2OSi2/c1-9-28(7,23-17-13-11-15-21(23)19-25(3)4)27-29(8,10-2)24-18-14-12-16-22(24)20-26(5)6/h9-18H,1-2,19-20H2,3-8H3. The van der Waals surface area contributed by atoms with Gasteiger partial charge in [0.1, 0.15) is 0 Å². The van der Waals surface area contributed by atoms with Crippen LogP contribution in [0.15, 0.2) is 73.1 Å². The van der Waals surface area contributed by atoms with Gasteiger partial charge >= 0.3 is 0 Å². The minimum Gasteiger partial charge on any atom is -0.443 e. The Hall–Kier alpha value is -1.77. The average molecular weight is 425 g/mol. The van der Waals surface area contributed by atoms with Gasteiger partial charge in [0.25, 0.3) is 0 Å². The fourth-order valence-electron chi connectivity index (χ4n) is 3.82. The molecule has 0 heterocycles. The molecule has 2 unspecified atom stereocenters. The van der Waals surface area contributed by atoms with Crippen molar-refractivity contribution < 1.29 is 4.12 Å². The highest BCUT2D eigenvalue weighted by atomic mass is 28.4. The summed E-state index contributed by atoms with van der Waals surface area (Å²) in [5.41, 5.74) is 6.78. The van der Waals surface area contributed by atoms with Gasteiger partial charge in [-0.25, -0.2) is 0 Å². The molecule has 0 aliphatic rings. The van der Waals surface area contributed by atoms with Crippen molar-refractivity contribution in [2.75, 3.05) is 28.2 Å². The van der Waals surface area contributed by atoms with Gasteiger partial charge in [0.2, 0.25) is 16.6 Å². The van der Waals surface area contributed by atoms with E-state index in [1.807, 2.05) is 0 Å². The van der Waals surface area contributed by atoms with E-state index in [9.17, 15) is 0 Å². The fraction of sp³-hybridized carbons (Fsp3) is 0.333. The van der Waals surface area contributed by atoms with E-state index in [-0.39, 0.29) is 0 Å². The molecule has 2 atom stereocenters. The first-order chi connectivity index (χ1) is 13.6. The molecule has 0 N–H and O–H groups in total. The normalized spacial score (nSPS) is 15.7. The number of nitrogens with zero attached hydrogens (tertiary/aromatic N) is 2. The van der Waals surface area contributed by atoms with E-state index >= 15 is 0 Å². The maximum atomic E-state index is 7.15. The van der Waals surface area contributed by atoms with Gasteiger partial charge in [-0.3, -0.25) is 0 Å². The first-order valence-corrected chi connectivity index (χ1v) is 15.1. The lowest BCUT2D eigenvalue weighted by atomic mass is 10.2. The molecule has 2 aromatic rings. The summed E-state index contributed by atoms with van der Waals surface area (Å²) in [5.74, 6) is 0. The summed E-state index contributed by atoms with van der Waals surface area (Å²) in [4.78, 5) is 4.40. The Kier molecular flexibility index (Phi) is 7.97. The van der Waals surface area contributed by atoms with E-state index in [1.54, 1.807) is 0 Å². The molecule has 0 aromatic heterocycles. The van der Waals surface area contributed by atoms with Crippen LogP contribution in [0, 0.1) is 0 Å². The van der Waals surface area contributed by atoms with Crippen molar-refractivity contribution in [3.63, 3.8) is 0 Å². The molecule has 0 saturated carbocycles. The van der Waals surface area contributed by atoms with E-state index in [0.717, 1.165) is 13.1 Å². The van der Waals surface area contributed by atoms with E-state index in [4.69, 9.17) is 4.12 Å². The molecular formula is C24H36N2OSi2. The van der Waals surface area contributed by atoms with Crippen molar-refractivity contribution in [2.24, 2.45) is 0 Å². The Balaban J connectivity index is 2.53. The van der Waals surface area contributed by atoms with Crippen LogP contribution in [0.25, 0.3) is 0 Å². The highest BCUT2D eigenvalue weighted by Gasteiger charge is 2.40. The van der Waals surface area contributed by atoms with Crippen LogP contribution in [0.2, 0.25) is 13.1 Å². The predicted octanol–water partition coefficient (Wildman–Crippen LogP) is 3.54. The lowest BCUT2D eigenvalue weighted by molar-refractivity contribution is 0.403. The summed E-state index contributed by atoms with van der Waals surface area (Å²) in [6, 6.07) is 17.3. The second-order valence-electron chi connectivity index (χ2n) is 8.51. The molecule has 29 heavy (non-hydrogen) atoms. The van der Waals surface area contributed by atoms with Crippen molar-refractivity contribution in [1.82, 2.24) is 9.80 Å². The highest BCUT2D eigenvalue weighted by Crippen LogP contribution is 2.21. The van der Waals surface area contributed by atoms with Crippen LogP contribution in [-0.2, 0) is 17.2 Å². The van der Waals surface area contributed by atoms with Gasteiger partial charge < -0.3 is 13.9 Å². The van der Waals surface area contributed by atoms with Crippen LogP contribution in [0.4, 0.5) is 0 Å². The first-order valence-electron chi connectivity index (χ1n) is 10.1. The third-order valence-corrected chi connectivity index (χ3v) is 13.3. The number of hydrogen-bond donors (Lipinski definition) is 0. The number of rotatable bonds is 10. The Morgan fingerprint density at radius 2 is 1.07 bits per heavy atom.